The largest absolute Gasteiger partial charge is 0.493 e. The Morgan fingerprint density at radius 2 is 1.97 bits per heavy atom. The summed E-state index contributed by atoms with van der Waals surface area (Å²) in [4.78, 5) is 34.9. The van der Waals surface area contributed by atoms with Gasteiger partial charge in [-0.1, -0.05) is 6.07 Å². The molecule has 2 amide bonds. The molecule has 1 saturated heterocycles. The lowest BCUT2D eigenvalue weighted by atomic mass is 10.1. The lowest BCUT2D eigenvalue weighted by Gasteiger charge is -2.26. The van der Waals surface area contributed by atoms with E-state index in [9.17, 15) is 14.9 Å². The Hall–Kier alpha value is -4.36. The van der Waals surface area contributed by atoms with E-state index in [0.717, 1.165) is 5.56 Å². The molecule has 2 aromatic heterocycles. The summed E-state index contributed by atoms with van der Waals surface area (Å²) in [6.45, 7) is 3.86. The minimum atomic E-state index is -0.525. The Labute approximate surface area is 208 Å². The zero-order valence-corrected chi connectivity index (χ0v) is 20.3. The highest BCUT2D eigenvalue weighted by atomic mass is 16.5. The van der Waals surface area contributed by atoms with E-state index >= 15 is 0 Å². The molecule has 3 aromatic rings. The average Bonchev–Trinajstić information content (AvgIpc) is 3.32. The maximum atomic E-state index is 12.9. The fourth-order valence-electron chi connectivity index (χ4n) is 3.99. The van der Waals surface area contributed by atoms with Crippen molar-refractivity contribution in [2.75, 3.05) is 40.5 Å². The molecule has 0 unspecified atom stereocenters. The van der Waals surface area contributed by atoms with Crippen LogP contribution in [0.5, 0.6) is 11.5 Å². The number of methoxy groups -OCH3 is 2. The number of benzene rings is 1. The summed E-state index contributed by atoms with van der Waals surface area (Å²) in [5, 5.41) is 13.2. The van der Waals surface area contributed by atoms with Gasteiger partial charge in [-0.3, -0.25) is 9.59 Å². The van der Waals surface area contributed by atoms with Crippen LogP contribution in [0.15, 0.2) is 42.2 Å². The van der Waals surface area contributed by atoms with E-state index in [1.807, 2.05) is 19.1 Å². The summed E-state index contributed by atoms with van der Waals surface area (Å²) in [6, 6.07) is 8.66. The van der Waals surface area contributed by atoms with Crippen LogP contribution >= 0.6 is 0 Å². The number of aromatic nitrogens is 2. The first-order valence-electron chi connectivity index (χ1n) is 11.4. The number of carbonyl (C=O) groups excluding carboxylic acids is 2. The highest BCUT2D eigenvalue weighted by Gasteiger charge is 2.20. The second kappa shape index (κ2) is 10.9. The first-order chi connectivity index (χ1) is 17.4. The maximum Gasteiger partial charge on any atom is 0.262 e. The fraction of sp³-hybridized carbons (Fsp3) is 0.308. The van der Waals surface area contributed by atoms with Gasteiger partial charge in [0.1, 0.15) is 17.3 Å². The van der Waals surface area contributed by atoms with Crippen molar-refractivity contribution in [3.63, 3.8) is 0 Å². The predicted molar refractivity (Wildman–Crippen MR) is 133 cm³/mol. The number of morpholine rings is 1. The highest BCUT2D eigenvalue weighted by molar-refractivity contribution is 6.04. The minimum Gasteiger partial charge on any atom is -0.493 e. The Morgan fingerprint density at radius 1 is 1.22 bits per heavy atom. The van der Waals surface area contributed by atoms with Gasteiger partial charge < -0.3 is 29.4 Å². The number of carbonyl (C=O) groups is 2. The number of amides is 2. The standard InChI is InChI=1S/C26H27N5O5/c1-16(17-4-5-22(34-2)23(12-17)35-3)30-25(32)18(13-27)10-19-14-28-24-21(19)11-20(15-29-24)26(33)31-6-8-36-9-7-31/h4-5,10-12,14-16H,6-9H2,1-3H3,(H,28,29)(H,30,32)/b18-10+/t16-/m1/s1. The van der Waals surface area contributed by atoms with Gasteiger partial charge in [-0.15, -0.1) is 0 Å². The number of fused-ring (bicyclic) bond motifs is 1. The van der Waals surface area contributed by atoms with Crippen molar-refractivity contribution in [2.45, 2.75) is 13.0 Å². The quantitative estimate of drug-likeness (QED) is 0.386. The number of hydrogen-bond donors (Lipinski definition) is 2. The number of hydrogen-bond acceptors (Lipinski definition) is 7. The highest BCUT2D eigenvalue weighted by Crippen LogP contribution is 2.30. The van der Waals surface area contributed by atoms with Crippen LogP contribution in [0.1, 0.15) is 34.5 Å². The normalized spacial score (nSPS) is 14.7. The minimum absolute atomic E-state index is 0.0758. The molecule has 0 saturated carbocycles. The van der Waals surface area contributed by atoms with E-state index in [2.05, 4.69) is 15.3 Å². The number of pyridine rings is 1. The van der Waals surface area contributed by atoms with Crippen LogP contribution in [0.2, 0.25) is 0 Å². The van der Waals surface area contributed by atoms with Crippen molar-refractivity contribution in [2.24, 2.45) is 0 Å². The molecule has 0 bridgehead atoms. The van der Waals surface area contributed by atoms with Crippen LogP contribution < -0.4 is 14.8 Å². The van der Waals surface area contributed by atoms with Gasteiger partial charge in [0.05, 0.1) is 39.0 Å². The zero-order valence-electron chi connectivity index (χ0n) is 20.3. The third-order valence-electron chi connectivity index (χ3n) is 6.03. The number of nitrogens with one attached hydrogen (secondary N) is 2. The molecule has 10 nitrogen and oxygen atoms in total. The number of nitriles is 1. The molecule has 0 aliphatic carbocycles. The van der Waals surface area contributed by atoms with Gasteiger partial charge in [-0.2, -0.15) is 5.26 Å². The summed E-state index contributed by atoms with van der Waals surface area (Å²) < 4.78 is 15.9. The van der Waals surface area contributed by atoms with E-state index in [1.54, 1.807) is 36.4 Å². The van der Waals surface area contributed by atoms with E-state index < -0.39 is 11.9 Å². The van der Waals surface area contributed by atoms with Crippen LogP contribution in [0.25, 0.3) is 17.1 Å². The molecule has 186 valence electrons. The van der Waals surface area contributed by atoms with Crippen molar-refractivity contribution >= 4 is 28.9 Å². The summed E-state index contributed by atoms with van der Waals surface area (Å²) in [7, 11) is 3.09. The second-order valence-electron chi connectivity index (χ2n) is 8.25. The number of ether oxygens (including phenoxy) is 3. The van der Waals surface area contributed by atoms with Gasteiger partial charge in [0.15, 0.2) is 11.5 Å². The lowest BCUT2D eigenvalue weighted by Crippen LogP contribution is -2.40. The topological polar surface area (TPSA) is 130 Å². The zero-order chi connectivity index (χ0) is 25.7. The third-order valence-corrected chi connectivity index (χ3v) is 6.03. The van der Waals surface area contributed by atoms with Crippen molar-refractivity contribution < 1.29 is 23.8 Å². The molecule has 4 rings (SSSR count). The average molecular weight is 490 g/mol. The van der Waals surface area contributed by atoms with Gasteiger partial charge in [0.25, 0.3) is 11.8 Å². The number of nitrogens with zero attached hydrogens (tertiary/aromatic N) is 3. The SMILES string of the molecule is COc1ccc([C@@H](C)NC(=O)/C(C#N)=C/c2c[nH]c3ncc(C(=O)N4CCOCC4)cc23)cc1OC. The molecule has 10 heteroatoms. The maximum absolute atomic E-state index is 12.9. The molecular formula is C26H27N5O5. The predicted octanol–water partition coefficient (Wildman–Crippen LogP) is 2.84. The van der Waals surface area contributed by atoms with Crippen LogP contribution in [-0.4, -0.2) is 67.2 Å². The molecule has 1 aromatic carbocycles. The van der Waals surface area contributed by atoms with Gasteiger partial charge in [0.2, 0.25) is 0 Å². The Morgan fingerprint density at radius 3 is 2.67 bits per heavy atom. The molecule has 1 atom stereocenters. The first kappa shape index (κ1) is 24.8. The van der Waals surface area contributed by atoms with Crippen molar-refractivity contribution in [1.29, 1.82) is 5.26 Å². The lowest BCUT2D eigenvalue weighted by molar-refractivity contribution is -0.117. The fourth-order valence-corrected chi connectivity index (χ4v) is 3.99. The van der Waals surface area contributed by atoms with Gasteiger partial charge in [-0.25, -0.2) is 4.98 Å². The van der Waals surface area contributed by atoms with E-state index in [4.69, 9.17) is 14.2 Å². The second-order valence-corrected chi connectivity index (χ2v) is 8.25. The Balaban J connectivity index is 1.55. The van der Waals surface area contributed by atoms with E-state index in [0.29, 0.717) is 60.0 Å². The smallest absolute Gasteiger partial charge is 0.262 e. The van der Waals surface area contributed by atoms with Crippen molar-refractivity contribution in [1.82, 2.24) is 20.2 Å². The summed E-state index contributed by atoms with van der Waals surface area (Å²) >= 11 is 0. The summed E-state index contributed by atoms with van der Waals surface area (Å²) in [5.74, 6) is 0.464. The van der Waals surface area contributed by atoms with Crippen molar-refractivity contribution in [3.05, 3.63) is 58.9 Å². The molecule has 0 spiro atoms. The first-order valence-corrected chi connectivity index (χ1v) is 11.4. The summed E-state index contributed by atoms with van der Waals surface area (Å²) in [6.07, 6.45) is 4.66. The van der Waals surface area contributed by atoms with Gasteiger partial charge in [-0.05, 0) is 36.8 Å². The van der Waals surface area contributed by atoms with Crippen LogP contribution in [0.4, 0.5) is 0 Å². The molecule has 1 aliphatic heterocycles. The van der Waals surface area contributed by atoms with Gasteiger partial charge >= 0.3 is 0 Å². The van der Waals surface area contributed by atoms with Crippen LogP contribution in [0, 0.1) is 11.3 Å². The Bertz CT molecular complexity index is 1350. The summed E-state index contributed by atoms with van der Waals surface area (Å²) in [5.41, 5.74) is 2.29. The number of rotatable bonds is 7. The third kappa shape index (κ3) is 5.16. The van der Waals surface area contributed by atoms with E-state index in [-0.39, 0.29) is 11.5 Å². The molecule has 1 fully saturated rings. The molecule has 1 aliphatic rings. The molecule has 2 N–H and O–H groups in total. The Kier molecular flexibility index (Phi) is 7.51. The van der Waals surface area contributed by atoms with Gasteiger partial charge in [0, 0.05) is 36.4 Å². The molecule has 0 radical (unpaired) electrons. The molecule has 36 heavy (non-hydrogen) atoms. The monoisotopic (exact) mass is 489 g/mol. The molecular weight excluding hydrogens is 462 g/mol. The van der Waals surface area contributed by atoms with Crippen LogP contribution in [0.3, 0.4) is 0 Å². The van der Waals surface area contributed by atoms with E-state index in [1.165, 1.54) is 19.4 Å². The number of H-pyrrole nitrogens is 1. The number of aromatic amines is 1. The van der Waals surface area contributed by atoms with Crippen molar-refractivity contribution in [3.8, 4) is 17.6 Å². The van der Waals surface area contributed by atoms with Crippen LogP contribution in [-0.2, 0) is 9.53 Å². The molecule has 3 heterocycles.